The number of hydrogen-bond donors (Lipinski definition) is 2. The van der Waals surface area contributed by atoms with Crippen LogP contribution in [0.1, 0.15) is 29.3 Å². The zero-order valence-electron chi connectivity index (χ0n) is 17.2. The summed E-state index contributed by atoms with van der Waals surface area (Å²) in [5.74, 6) is 6.42. The Morgan fingerprint density at radius 3 is 2.81 bits per heavy atom. The number of nitrogens with two attached hydrogens (primary N) is 1. The van der Waals surface area contributed by atoms with Gasteiger partial charge in [0.2, 0.25) is 0 Å². The Balaban J connectivity index is 1.42. The number of para-hydroxylation sites is 1. The van der Waals surface area contributed by atoms with Gasteiger partial charge in [-0.05, 0) is 47.9 Å². The molecule has 2 aromatic carbocycles. The van der Waals surface area contributed by atoms with Gasteiger partial charge in [0.05, 0.1) is 24.5 Å². The number of hydroxylamine groups is 2. The third-order valence-electron chi connectivity index (χ3n) is 5.32. The molecule has 3 heterocycles. The Kier molecular flexibility index (Phi) is 5.20. The third-order valence-corrected chi connectivity index (χ3v) is 5.32. The molecule has 0 bridgehead atoms. The van der Waals surface area contributed by atoms with Gasteiger partial charge < -0.3 is 11.1 Å². The minimum Gasteiger partial charge on any atom is -0.352 e. The van der Waals surface area contributed by atoms with Crippen LogP contribution in [0.2, 0.25) is 0 Å². The summed E-state index contributed by atoms with van der Waals surface area (Å²) in [6.45, 7) is 0.463. The molecule has 0 saturated carbocycles. The largest absolute Gasteiger partial charge is 0.352 e. The number of imidazole rings is 1. The first-order valence-electron chi connectivity index (χ1n) is 10.3. The monoisotopic (exact) mass is 423 g/mol. The lowest BCUT2D eigenvalue weighted by molar-refractivity contribution is -0.0846. The first-order valence-corrected chi connectivity index (χ1v) is 10.3. The summed E-state index contributed by atoms with van der Waals surface area (Å²) < 4.78 is 1.96. The number of rotatable bonds is 3. The van der Waals surface area contributed by atoms with Gasteiger partial charge in [0.15, 0.2) is 5.65 Å². The lowest BCUT2D eigenvalue weighted by Gasteiger charge is -2.20. The lowest BCUT2D eigenvalue weighted by atomic mass is 10.0. The molecule has 158 valence electrons. The highest BCUT2D eigenvalue weighted by molar-refractivity contribution is 5.74. The molecule has 1 saturated heterocycles. The molecule has 0 spiro atoms. The van der Waals surface area contributed by atoms with Gasteiger partial charge in [-0.3, -0.25) is 9.24 Å². The number of primary amides is 1. The predicted octanol–water partition coefficient (Wildman–Crippen LogP) is 4.23. The number of nitrogens with zero attached hydrogens (tertiary/aromatic N) is 3. The van der Waals surface area contributed by atoms with Crippen molar-refractivity contribution in [2.45, 2.75) is 12.5 Å². The number of pyridine rings is 1. The second-order valence-corrected chi connectivity index (χ2v) is 7.43. The topological polar surface area (TPSA) is 84.9 Å². The number of benzene rings is 2. The summed E-state index contributed by atoms with van der Waals surface area (Å²) in [4.78, 5) is 21.5. The summed E-state index contributed by atoms with van der Waals surface area (Å²) in [7, 11) is 0. The van der Waals surface area contributed by atoms with Crippen LogP contribution in [0.15, 0.2) is 79.1 Å². The van der Waals surface area contributed by atoms with Crippen molar-refractivity contribution >= 4 is 23.1 Å². The quantitative estimate of drug-likeness (QED) is 0.483. The van der Waals surface area contributed by atoms with Crippen molar-refractivity contribution in [2.24, 2.45) is 5.73 Å². The van der Waals surface area contributed by atoms with Gasteiger partial charge in [-0.15, -0.1) is 0 Å². The third kappa shape index (κ3) is 3.87. The number of urea groups is 1. The highest BCUT2D eigenvalue weighted by atomic mass is 16.7. The van der Waals surface area contributed by atoms with E-state index in [9.17, 15) is 4.79 Å². The number of carbonyl (C=O) groups excluding carboxylic acids is 1. The van der Waals surface area contributed by atoms with Crippen molar-refractivity contribution in [3.8, 4) is 11.8 Å². The van der Waals surface area contributed by atoms with Crippen LogP contribution in [0.5, 0.6) is 0 Å². The molecular formula is C25H21N5O2. The zero-order chi connectivity index (χ0) is 21.9. The molecule has 3 N–H and O–H groups in total. The molecule has 1 aliphatic rings. The number of fused-ring (bicyclic) bond motifs is 1. The van der Waals surface area contributed by atoms with Gasteiger partial charge in [-0.1, -0.05) is 36.3 Å². The summed E-state index contributed by atoms with van der Waals surface area (Å²) in [5.41, 5.74) is 10.7. The Labute approximate surface area is 185 Å². The minimum atomic E-state index is -0.588. The molecule has 1 fully saturated rings. The summed E-state index contributed by atoms with van der Waals surface area (Å²) in [6.07, 6.45) is 4.41. The molecule has 2 aromatic heterocycles. The van der Waals surface area contributed by atoms with E-state index in [1.54, 1.807) is 6.20 Å². The van der Waals surface area contributed by atoms with Crippen molar-refractivity contribution < 1.29 is 9.63 Å². The number of hydrogen-bond acceptors (Lipinski definition) is 4. The molecule has 2 amide bonds. The van der Waals surface area contributed by atoms with Crippen LogP contribution in [-0.2, 0) is 4.84 Å². The van der Waals surface area contributed by atoms with E-state index in [1.165, 1.54) is 5.06 Å². The van der Waals surface area contributed by atoms with Crippen LogP contribution in [0.3, 0.4) is 0 Å². The van der Waals surface area contributed by atoms with Gasteiger partial charge in [0, 0.05) is 23.9 Å². The Morgan fingerprint density at radius 2 is 1.97 bits per heavy atom. The Morgan fingerprint density at radius 1 is 1.09 bits per heavy atom. The van der Waals surface area contributed by atoms with E-state index in [1.807, 2.05) is 77.3 Å². The van der Waals surface area contributed by atoms with Gasteiger partial charge >= 0.3 is 6.03 Å². The summed E-state index contributed by atoms with van der Waals surface area (Å²) in [5, 5.41) is 4.63. The van der Waals surface area contributed by atoms with E-state index in [4.69, 9.17) is 10.6 Å². The standard InChI is InChI=1S/C25H21N5O2/c26-25(31)30-23(13-15-32-30)19-7-4-6-18(16-19)11-12-21-17-27-24-22(10-5-14-29(21)24)28-20-8-2-1-3-9-20/h1-10,14,16-17,23,28H,13,15H2,(H2,26,31). The Bertz CT molecular complexity index is 1340. The van der Waals surface area contributed by atoms with E-state index < -0.39 is 6.03 Å². The van der Waals surface area contributed by atoms with Gasteiger partial charge in [0.25, 0.3) is 0 Å². The average molecular weight is 423 g/mol. The SMILES string of the molecule is NC(=O)N1OCCC1c1cccc(C#Cc2cnc3c(Nc4ccccc4)cccn23)c1. The molecule has 32 heavy (non-hydrogen) atoms. The number of amides is 2. The average Bonchev–Trinajstić information content (AvgIpc) is 3.47. The fraction of sp³-hybridized carbons (Fsp3) is 0.120. The molecule has 1 unspecified atom stereocenters. The molecule has 1 aliphatic heterocycles. The smallest absolute Gasteiger partial charge is 0.339 e. The fourth-order valence-corrected chi connectivity index (χ4v) is 3.83. The zero-order valence-corrected chi connectivity index (χ0v) is 17.2. The highest BCUT2D eigenvalue weighted by Gasteiger charge is 2.30. The van der Waals surface area contributed by atoms with Crippen molar-refractivity contribution in [2.75, 3.05) is 11.9 Å². The van der Waals surface area contributed by atoms with Crippen LogP contribution >= 0.6 is 0 Å². The number of aromatic nitrogens is 2. The van der Waals surface area contributed by atoms with E-state index in [0.29, 0.717) is 13.0 Å². The maximum Gasteiger partial charge on any atom is 0.339 e. The van der Waals surface area contributed by atoms with Crippen LogP contribution in [0.4, 0.5) is 16.2 Å². The van der Waals surface area contributed by atoms with Crippen LogP contribution in [0.25, 0.3) is 5.65 Å². The highest BCUT2D eigenvalue weighted by Crippen LogP contribution is 2.30. The van der Waals surface area contributed by atoms with E-state index in [0.717, 1.165) is 33.8 Å². The summed E-state index contributed by atoms with van der Waals surface area (Å²) in [6, 6.07) is 20.9. The van der Waals surface area contributed by atoms with Crippen molar-refractivity contribution in [1.29, 1.82) is 0 Å². The van der Waals surface area contributed by atoms with Crippen molar-refractivity contribution in [3.05, 3.63) is 95.9 Å². The molecule has 1 atom stereocenters. The van der Waals surface area contributed by atoms with Crippen molar-refractivity contribution in [3.63, 3.8) is 0 Å². The molecule has 0 aliphatic carbocycles. The van der Waals surface area contributed by atoms with E-state index in [2.05, 4.69) is 22.1 Å². The molecule has 4 aromatic rings. The van der Waals surface area contributed by atoms with Crippen molar-refractivity contribution in [1.82, 2.24) is 14.4 Å². The van der Waals surface area contributed by atoms with Gasteiger partial charge in [-0.25, -0.2) is 9.78 Å². The van der Waals surface area contributed by atoms with E-state index >= 15 is 0 Å². The maximum absolute atomic E-state index is 11.6. The van der Waals surface area contributed by atoms with Crippen LogP contribution in [-0.4, -0.2) is 27.1 Å². The predicted molar refractivity (Wildman–Crippen MR) is 122 cm³/mol. The normalized spacial score (nSPS) is 15.4. The second-order valence-electron chi connectivity index (χ2n) is 7.43. The Hall–Kier alpha value is -4.28. The van der Waals surface area contributed by atoms with E-state index in [-0.39, 0.29) is 6.04 Å². The van der Waals surface area contributed by atoms with Crippen LogP contribution in [0, 0.1) is 11.8 Å². The number of carbonyl (C=O) groups is 1. The number of nitrogens with one attached hydrogen (secondary N) is 1. The fourth-order valence-electron chi connectivity index (χ4n) is 3.83. The van der Waals surface area contributed by atoms with Gasteiger partial charge in [0.1, 0.15) is 5.69 Å². The van der Waals surface area contributed by atoms with Crippen LogP contribution < -0.4 is 11.1 Å². The first kappa shape index (κ1) is 19.7. The second kappa shape index (κ2) is 8.46. The summed E-state index contributed by atoms with van der Waals surface area (Å²) >= 11 is 0. The molecule has 7 heteroatoms. The number of anilines is 2. The lowest BCUT2D eigenvalue weighted by Crippen LogP contribution is -2.34. The maximum atomic E-state index is 11.6. The molecule has 0 radical (unpaired) electrons. The molecular weight excluding hydrogens is 402 g/mol. The molecule has 5 rings (SSSR count). The van der Waals surface area contributed by atoms with Gasteiger partial charge in [-0.2, -0.15) is 5.06 Å². The first-order chi connectivity index (χ1) is 15.7. The molecule has 7 nitrogen and oxygen atoms in total. The minimum absolute atomic E-state index is 0.198.